The third-order valence-corrected chi connectivity index (χ3v) is 6.27. The summed E-state index contributed by atoms with van der Waals surface area (Å²) in [7, 11) is 3.16. The van der Waals surface area contributed by atoms with Crippen LogP contribution in [0.15, 0.2) is 54.1 Å². The van der Waals surface area contributed by atoms with E-state index in [9.17, 15) is 9.59 Å². The van der Waals surface area contributed by atoms with Gasteiger partial charge in [-0.3, -0.25) is 19.4 Å². The Morgan fingerprint density at radius 1 is 0.967 bits per heavy atom. The van der Waals surface area contributed by atoms with Gasteiger partial charge in [-0.25, -0.2) is 0 Å². The van der Waals surface area contributed by atoms with Gasteiger partial charge in [0, 0.05) is 47.8 Å². The monoisotopic (exact) mass is 437 g/mol. The Hall–Kier alpha value is -2.96. The molecule has 0 unspecified atom stereocenters. The largest absolute Gasteiger partial charge is 0.340 e. The number of thiocarbonyl (C=S) groups is 1. The first-order valence-electron chi connectivity index (χ1n) is 9.43. The minimum atomic E-state index is -0.392. The molecule has 1 saturated heterocycles. The van der Waals surface area contributed by atoms with E-state index in [0.717, 1.165) is 27.7 Å². The van der Waals surface area contributed by atoms with Gasteiger partial charge in [0.1, 0.15) is 5.57 Å². The van der Waals surface area contributed by atoms with Crippen LogP contribution in [0.1, 0.15) is 16.8 Å². The first-order chi connectivity index (χ1) is 14.3. The van der Waals surface area contributed by atoms with Gasteiger partial charge in [0.25, 0.3) is 11.8 Å². The van der Waals surface area contributed by atoms with Crippen molar-refractivity contribution in [1.82, 2.24) is 14.4 Å². The number of hydrogen-bond acceptors (Lipinski definition) is 3. The quantitative estimate of drug-likeness (QED) is 0.349. The first-order valence-corrected chi connectivity index (χ1v) is 10.2. The van der Waals surface area contributed by atoms with Crippen molar-refractivity contribution in [2.45, 2.75) is 13.5 Å². The topological polar surface area (TPSA) is 45.6 Å². The average Bonchev–Trinajstić information content (AvgIpc) is 3.01. The van der Waals surface area contributed by atoms with E-state index in [2.05, 4.69) is 4.57 Å². The summed E-state index contributed by atoms with van der Waals surface area (Å²) in [6.07, 6.45) is 1.69. The van der Waals surface area contributed by atoms with Crippen LogP contribution in [0.3, 0.4) is 0 Å². The van der Waals surface area contributed by atoms with Crippen molar-refractivity contribution < 1.29 is 9.59 Å². The number of carbonyl (C=O) groups excluding carboxylic acids is 2. The number of nitrogens with zero attached hydrogens (tertiary/aromatic N) is 3. The van der Waals surface area contributed by atoms with Gasteiger partial charge in [-0.2, -0.15) is 0 Å². The lowest BCUT2D eigenvalue weighted by Crippen LogP contribution is -2.52. The van der Waals surface area contributed by atoms with Crippen LogP contribution in [0.25, 0.3) is 17.0 Å². The predicted octanol–water partition coefficient (Wildman–Crippen LogP) is 4.25. The molecule has 1 aromatic heterocycles. The van der Waals surface area contributed by atoms with Crippen LogP contribution in [0.2, 0.25) is 5.02 Å². The summed E-state index contributed by atoms with van der Waals surface area (Å²) in [6, 6.07) is 15.7. The molecule has 30 heavy (non-hydrogen) atoms. The Kier molecular flexibility index (Phi) is 5.22. The summed E-state index contributed by atoms with van der Waals surface area (Å²) < 4.78 is 2.18. The molecule has 2 amide bonds. The Labute approximate surface area is 185 Å². The third-order valence-electron chi connectivity index (χ3n) is 5.47. The molecule has 0 N–H and O–H groups in total. The summed E-state index contributed by atoms with van der Waals surface area (Å²) in [5.41, 5.74) is 4.07. The molecule has 0 radical (unpaired) electrons. The molecule has 0 spiro atoms. The highest BCUT2D eigenvalue weighted by atomic mass is 35.5. The second-order valence-electron chi connectivity index (χ2n) is 7.30. The van der Waals surface area contributed by atoms with Gasteiger partial charge >= 0.3 is 0 Å². The molecule has 0 aliphatic carbocycles. The van der Waals surface area contributed by atoms with Crippen LogP contribution in [0, 0.1) is 6.92 Å². The number of halogens is 1. The molecule has 2 aromatic carbocycles. The molecular weight excluding hydrogens is 418 g/mol. The van der Waals surface area contributed by atoms with Crippen molar-refractivity contribution in [3.05, 3.63) is 75.9 Å². The zero-order valence-electron chi connectivity index (χ0n) is 16.8. The lowest BCUT2D eigenvalue weighted by atomic mass is 10.0. The lowest BCUT2D eigenvalue weighted by molar-refractivity contribution is -0.132. The van der Waals surface area contributed by atoms with Crippen molar-refractivity contribution in [3.8, 4) is 0 Å². The standard InChI is InChI=1S/C23H20ClN3O2S/c1-14-18(12-19-21(28)25(2)23(30)26(3)22(19)29)17-6-4-5-7-20(17)27(14)13-15-8-10-16(24)11-9-15/h4-12H,13H2,1-3H3. The number of fused-ring (bicyclic) bond motifs is 1. The van der Waals surface area contributed by atoms with Crippen LogP contribution >= 0.6 is 23.8 Å². The van der Waals surface area contributed by atoms with Crippen LogP contribution in [0.4, 0.5) is 0 Å². The fourth-order valence-corrected chi connectivity index (χ4v) is 4.03. The molecule has 1 aliphatic rings. The third kappa shape index (κ3) is 3.32. The highest BCUT2D eigenvalue weighted by Gasteiger charge is 2.35. The van der Waals surface area contributed by atoms with Crippen LogP contribution < -0.4 is 0 Å². The summed E-state index contributed by atoms with van der Waals surface area (Å²) in [5.74, 6) is -0.783. The highest BCUT2D eigenvalue weighted by molar-refractivity contribution is 7.80. The van der Waals surface area contributed by atoms with Gasteiger partial charge in [-0.1, -0.05) is 41.9 Å². The van der Waals surface area contributed by atoms with Gasteiger partial charge in [-0.05, 0) is 49.0 Å². The second-order valence-corrected chi connectivity index (χ2v) is 8.10. The molecule has 1 fully saturated rings. The second kappa shape index (κ2) is 7.70. The van der Waals surface area contributed by atoms with Crippen LogP contribution in [-0.4, -0.2) is 45.4 Å². The van der Waals surface area contributed by atoms with Crippen molar-refractivity contribution in [2.24, 2.45) is 0 Å². The Balaban J connectivity index is 1.86. The van der Waals surface area contributed by atoms with E-state index in [1.807, 2.05) is 55.5 Å². The maximum absolute atomic E-state index is 12.8. The summed E-state index contributed by atoms with van der Waals surface area (Å²) >= 11 is 11.2. The molecule has 4 rings (SSSR count). The average molecular weight is 438 g/mol. The number of likely N-dealkylation sites (N-methyl/N-ethyl adjacent to an activating group) is 2. The number of hydrogen-bond donors (Lipinski definition) is 0. The fourth-order valence-electron chi connectivity index (χ4n) is 3.74. The SMILES string of the molecule is Cc1c(C=C2C(=O)N(C)C(=S)N(C)C2=O)c2ccccc2n1Cc1ccc(Cl)cc1. The minimum absolute atomic E-state index is 0.103. The molecule has 0 bridgehead atoms. The van der Waals surface area contributed by atoms with E-state index in [0.29, 0.717) is 11.6 Å². The molecule has 1 aliphatic heterocycles. The highest BCUT2D eigenvalue weighted by Crippen LogP contribution is 2.30. The van der Waals surface area contributed by atoms with Crippen molar-refractivity contribution in [1.29, 1.82) is 0 Å². The van der Waals surface area contributed by atoms with Crippen molar-refractivity contribution in [3.63, 3.8) is 0 Å². The molecule has 0 atom stereocenters. The maximum Gasteiger partial charge on any atom is 0.265 e. The number of carbonyl (C=O) groups is 2. The fraction of sp³-hybridized carbons (Fsp3) is 0.174. The number of rotatable bonds is 3. The van der Waals surface area contributed by atoms with E-state index in [4.69, 9.17) is 23.8 Å². The molecule has 7 heteroatoms. The van der Waals surface area contributed by atoms with Gasteiger partial charge < -0.3 is 4.57 Å². The molecular formula is C23H20ClN3O2S. The van der Waals surface area contributed by atoms with Gasteiger partial charge in [-0.15, -0.1) is 0 Å². The predicted molar refractivity (Wildman–Crippen MR) is 123 cm³/mol. The van der Waals surface area contributed by atoms with Crippen molar-refractivity contribution in [2.75, 3.05) is 14.1 Å². The first kappa shape index (κ1) is 20.3. The normalized spacial score (nSPS) is 14.8. The zero-order valence-corrected chi connectivity index (χ0v) is 18.4. The van der Waals surface area contributed by atoms with Gasteiger partial charge in [0.2, 0.25) is 0 Å². The maximum atomic E-state index is 12.8. The van der Waals surface area contributed by atoms with E-state index in [-0.39, 0.29) is 10.7 Å². The summed E-state index contributed by atoms with van der Waals surface area (Å²) in [4.78, 5) is 28.2. The Morgan fingerprint density at radius 2 is 1.57 bits per heavy atom. The van der Waals surface area contributed by atoms with E-state index in [1.165, 1.54) is 9.80 Å². The lowest BCUT2D eigenvalue weighted by Gasteiger charge is -2.31. The summed E-state index contributed by atoms with van der Waals surface area (Å²) in [6.45, 7) is 2.65. The number of amides is 2. The van der Waals surface area contributed by atoms with E-state index in [1.54, 1.807) is 20.2 Å². The molecule has 3 aromatic rings. The number of para-hydroxylation sites is 1. The van der Waals surface area contributed by atoms with E-state index >= 15 is 0 Å². The summed E-state index contributed by atoms with van der Waals surface area (Å²) in [5, 5.41) is 1.87. The smallest absolute Gasteiger partial charge is 0.265 e. The minimum Gasteiger partial charge on any atom is -0.340 e. The number of aromatic nitrogens is 1. The van der Waals surface area contributed by atoms with Crippen molar-refractivity contribution >= 4 is 57.7 Å². The van der Waals surface area contributed by atoms with Crippen LogP contribution in [0.5, 0.6) is 0 Å². The molecule has 5 nitrogen and oxygen atoms in total. The molecule has 2 heterocycles. The molecule has 0 saturated carbocycles. The van der Waals surface area contributed by atoms with Gasteiger partial charge in [0.05, 0.1) is 0 Å². The Morgan fingerprint density at radius 3 is 2.20 bits per heavy atom. The van der Waals surface area contributed by atoms with E-state index < -0.39 is 11.8 Å². The Bertz CT molecular complexity index is 1200. The number of benzene rings is 2. The van der Waals surface area contributed by atoms with Gasteiger partial charge in [0.15, 0.2) is 5.11 Å². The molecule has 152 valence electrons. The zero-order chi connectivity index (χ0) is 21.6. The van der Waals surface area contributed by atoms with Crippen LogP contribution in [-0.2, 0) is 16.1 Å².